The van der Waals surface area contributed by atoms with Gasteiger partial charge < -0.3 is 9.73 Å². The smallest absolute Gasteiger partial charge is 0.404 e. The molecule has 0 atom stereocenters. The number of furan rings is 1. The summed E-state index contributed by atoms with van der Waals surface area (Å²) < 4.78 is 18.3. The Labute approximate surface area is 106 Å². The van der Waals surface area contributed by atoms with Crippen molar-refractivity contribution in [3.05, 3.63) is 57.0 Å². The zero-order valence-electron chi connectivity index (χ0n) is 9.02. The van der Waals surface area contributed by atoms with Crippen molar-refractivity contribution < 1.29 is 13.7 Å². The van der Waals surface area contributed by atoms with Gasteiger partial charge in [-0.1, -0.05) is 11.6 Å². The van der Waals surface area contributed by atoms with E-state index in [9.17, 15) is 14.5 Å². The van der Waals surface area contributed by atoms with Crippen LogP contribution in [0, 0.1) is 15.9 Å². The van der Waals surface area contributed by atoms with Gasteiger partial charge in [-0.25, -0.2) is 4.39 Å². The number of rotatable bonds is 4. The first-order chi connectivity index (χ1) is 8.56. The summed E-state index contributed by atoms with van der Waals surface area (Å²) in [6.07, 6.45) is 0. The van der Waals surface area contributed by atoms with Crippen molar-refractivity contribution in [1.82, 2.24) is 0 Å². The number of nitrogens with zero attached hydrogens (tertiary/aromatic N) is 1. The first kappa shape index (κ1) is 12.4. The molecule has 0 unspecified atom stereocenters. The van der Waals surface area contributed by atoms with Gasteiger partial charge in [0.1, 0.15) is 16.5 Å². The molecular formula is C11H8ClFN2O3. The van der Waals surface area contributed by atoms with Crippen LogP contribution >= 0.6 is 11.6 Å². The summed E-state index contributed by atoms with van der Waals surface area (Å²) in [5.74, 6) is -0.472. The Kier molecular flexibility index (Phi) is 3.47. The molecule has 0 aliphatic rings. The van der Waals surface area contributed by atoms with Crippen molar-refractivity contribution in [1.29, 1.82) is 0 Å². The van der Waals surface area contributed by atoms with Gasteiger partial charge in [-0.15, -0.1) is 0 Å². The quantitative estimate of drug-likeness (QED) is 0.681. The molecule has 7 heteroatoms. The van der Waals surface area contributed by atoms with Crippen LogP contribution in [-0.2, 0) is 6.54 Å². The topological polar surface area (TPSA) is 68.3 Å². The summed E-state index contributed by atoms with van der Waals surface area (Å²) in [6, 6.07) is 6.78. The van der Waals surface area contributed by atoms with Crippen LogP contribution in [0.15, 0.2) is 34.7 Å². The van der Waals surface area contributed by atoms with E-state index in [0.717, 1.165) is 0 Å². The summed E-state index contributed by atoms with van der Waals surface area (Å²) in [6.45, 7) is 0.130. The Morgan fingerprint density at radius 2 is 2.17 bits per heavy atom. The highest BCUT2D eigenvalue weighted by molar-refractivity contribution is 6.30. The van der Waals surface area contributed by atoms with Gasteiger partial charge in [0.05, 0.1) is 18.3 Å². The molecule has 1 heterocycles. The Morgan fingerprint density at radius 3 is 2.83 bits per heavy atom. The lowest BCUT2D eigenvalue weighted by molar-refractivity contribution is -0.402. The molecule has 2 aromatic rings. The number of benzene rings is 1. The fraction of sp³-hybridized carbons (Fsp3) is 0.0909. The van der Waals surface area contributed by atoms with Crippen molar-refractivity contribution >= 4 is 23.2 Å². The Balaban J connectivity index is 2.06. The summed E-state index contributed by atoms with van der Waals surface area (Å²) in [7, 11) is 0. The molecule has 2 rings (SSSR count). The van der Waals surface area contributed by atoms with Gasteiger partial charge in [0, 0.05) is 5.02 Å². The Morgan fingerprint density at radius 1 is 1.39 bits per heavy atom. The Bertz CT molecular complexity index is 585. The van der Waals surface area contributed by atoms with E-state index in [1.807, 2.05) is 0 Å². The zero-order valence-corrected chi connectivity index (χ0v) is 9.78. The minimum absolute atomic E-state index is 0.130. The molecule has 1 aromatic carbocycles. The second-order valence-electron chi connectivity index (χ2n) is 3.47. The van der Waals surface area contributed by atoms with Crippen LogP contribution < -0.4 is 5.32 Å². The predicted molar refractivity (Wildman–Crippen MR) is 64.1 cm³/mol. The third-order valence-corrected chi connectivity index (χ3v) is 2.44. The summed E-state index contributed by atoms with van der Waals surface area (Å²) in [5, 5.41) is 13.5. The average Bonchev–Trinajstić information content (AvgIpc) is 2.79. The summed E-state index contributed by atoms with van der Waals surface area (Å²) in [4.78, 5) is 9.77. The highest BCUT2D eigenvalue weighted by atomic mass is 35.5. The lowest BCUT2D eigenvalue weighted by Gasteiger charge is -2.05. The highest BCUT2D eigenvalue weighted by Crippen LogP contribution is 2.21. The SMILES string of the molecule is O=[N+]([O-])c1ccc(CNc2cc(Cl)ccc2F)o1. The number of halogens is 2. The molecule has 18 heavy (non-hydrogen) atoms. The molecule has 1 N–H and O–H groups in total. The zero-order chi connectivity index (χ0) is 13.1. The van der Waals surface area contributed by atoms with Crippen molar-refractivity contribution in [3.63, 3.8) is 0 Å². The number of nitro groups is 1. The van der Waals surface area contributed by atoms with Crippen molar-refractivity contribution in [2.45, 2.75) is 6.54 Å². The van der Waals surface area contributed by atoms with Crippen LogP contribution in [0.3, 0.4) is 0 Å². The first-order valence-corrected chi connectivity index (χ1v) is 5.36. The van der Waals surface area contributed by atoms with Crippen LogP contribution in [0.1, 0.15) is 5.76 Å². The Hall–Kier alpha value is -2.08. The van der Waals surface area contributed by atoms with Crippen molar-refractivity contribution in [2.75, 3.05) is 5.32 Å². The molecule has 0 bridgehead atoms. The molecule has 0 saturated carbocycles. The van der Waals surface area contributed by atoms with E-state index in [2.05, 4.69) is 5.32 Å². The van der Waals surface area contributed by atoms with Crippen LogP contribution in [0.25, 0.3) is 0 Å². The van der Waals surface area contributed by atoms with Gasteiger partial charge in [0.2, 0.25) is 0 Å². The monoisotopic (exact) mass is 270 g/mol. The van der Waals surface area contributed by atoms with Gasteiger partial charge in [-0.05, 0) is 24.3 Å². The van der Waals surface area contributed by atoms with E-state index in [1.165, 1.54) is 30.3 Å². The van der Waals surface area contributed by atoms with Gasteiger partial charge in [-0.3, -0.25) is 10.1 Å². The molecule has 0 amide bonds. The van der Waals surface area contributed by atoms with Gasteiger partial charge >= 0.3 is 5.88 Å². The maximum Gasteiger partial charge on any atom is 0.433 e. The highest BCUT2D eigenvalue weighted by Gasteiger charge is 2.12. The van der Waals surface area contributed by atoms with Gasteiger partial charge in [-0.2, -0.15) is 0 Å². The van der Waals surface area contributed by atoms with E-state index >= 15 is 0 Å². The maximum absolute atomic E-state index is 13.3. The number of nitrogens with one attached hydrogen (secondary N) is 1. The minimum Gasteiger partial charge on any atom is -0.404 e. The largest absolute Gasteiger partial charge is 0.433 e. The molecule has 5 nitrogen and oxygen atoms in total. The van der Waals surface area contributed by atoms with E-state index in [-0.39, 0.29) is 18.1 Å². The molecule has 0 saturated heterocycles. The van der Waals surface area contributed by atoms with E-state index in [0.29, 0.717) is 10.8 Å². The lowest BCUT2D eigenvalue weighted by Crippen LogP contribution is -2.00. The number of hydrogen-bond acceptors (Lipinski definition) is 4. The second kappa shape index (κ2) is 5.05. The van der Waals surface area contributed by atoms with Crippen LogP contribution in [0.4, 0.5) is 16.0 Å². The second-order valence-corrected chi connectivity index (χ2v) is 3.91. The van der Waals surface area contributed by atoms with Crippen molar-refractivity contribution in [3.8, 4) is 0 Å². The van der Waals surface area contributed by atoms with Crippen LogP contribution in [-0.4, -0.2) is 4.92 Å². The summed E-state index contributed by atoms with van der Waals surface area (Å²) >= 11 is 5.72. The maximum atomic E-state index is 13.3. The summed E-state index contributed by atoms with van der Waals surface area (Å²) in [5.41, 5.74) is 0.210. The van der Waals surface area contributed by atoms with E-state index in [1.54, 1.807) is 0 Å². The van der Waals surface area contributed by atoms with Gasteiger partial charge in [0.15, 0.2) is 0 Å². The molecule has 0 fully saturated rings. The fourth-order valence-electron chi connectivity index (χ4n) is 1.38. The fourth-order valence-corrected chi connectivity index (χ4v) is 1.55. The molecule has 1 aromatic heterocycles. The third kappa shape index (κ3) is 2.78. The number of anilines is 1. The molecule has 0 aliphatic heterocycles. The normalized spacial score (nSPS) is 10.3. The van der Waals surface area contributed by atoms with E-state index in [4.69, 9.17) is 16.0 Å². The first-order valence-electron chi connectivity index (χ1n) is 4.98. The van der Waals surface area contributed by atoms with Crippen molar-refractivity contribution in [2.24, 2.45) is 0 Å². The predicted octanol–water partition coefficient (Wildman–Crippen LogP) is 3.59. The van der Waals surface area contributed by atoms with E-state index < -0.39 is 10.7 Å². The van der Waals surface area contributed by atoms with Gasteiger partial charge in [0.25, 0.3) is 0 Å². The lowest BCUT2D eigenvalue weighted by atomic mass is 10.3. The molecule has 0 spiro atoms. The average molecular weight is 271 g/mol. The van der Waals surface area contributed by atoms with Crippen LogP contribution in [0.5, 0.6) is 0 Å². The molecule has 0 aliphatic carbocycles. The third-order valence-electron chi connectivity index (χ3n) is 2.21. The standard InChI is InChI=1S/C11H8ClFN2O3/c12-7-1-3-9(13)10(5-7)14-6-8-2-4-11(18-8)15(16)17/h1-5,14H,6H2. The molecule has 94 valence electrons. The molecular weight excluding hydrogens is 263 g/mol. The van der Waals surface area contributed by atoms with Crippen LogP contribution in [0.2, 0.25) is 5.02 Å². The molecule has 0 radical (unpaired) electrons. The number of hydrogen-bond donors (Lipinski definition) is 1. The minimum atomic E-state index is -0.635.